The number of carbonyl (C=O) groups is 2. The molecule has 0 saturated heterocycles. The Morgan fingerprint density at radius 3 is 2.17 bits per heavy atom. The zero-order valence-corrected chi connectivity index (χ0v) is 15.0. The second-order valence-electron chi connectivity index (χ2n) is 6.88. The molecular weight excluding hydrogens is 292 g/mol. The number of carbonyl (C=O) groups excluding carboxylic acids is 2. The highest BCUT2D eigenvalue weighted by Crippen LogP contribution is 2.21. The number of hydrogen-bond donors (Lipinski definition) is 1. The first-order valence-electron chi connectivity index (χ1n) is 7.94. The third kappa shape index (κ3) is 7.17. The largest absolute Gasteiger partial charge is 0.491 e. The molecule has 0 aromatic heterocycles. The SMILES string of the molecule is CC(=O)N(CCC(=O)NC(C)(C)C)c1ccc(OC(C)C)cc1. The summed E-state index contributed by atoms with van der Waals surface area (Å²) in [6.45, 7) is 11.6. The van der Waals surface area contributed by atoms with Crippen LogP contribution in [-0.4, -0.2) is 30.0 Å². The predicted molar refractivity (Wildman–Crippen MR) is 92.7 cm³/mol. The lowest BCUT2D eigenvalue weighted by Gasteiger charge is -2.24. The van der Waals surface area contributed by atoms with Gasteiger partial charge in [0.1, 0.15) is 5.75 Å². The minimum atomic E-state index is -0.270. The van der Waals surface area contributed by atoms with Crippen LogP contribution < -0.4 is 15.0 Å². The zero-order valence-electron chi connectivity index (χ0n) is 15.0. The Morgan fingerprint density at radius 2 is 1.74 bits per heavy atom. The van der Waals surface area contributed by atoms with E-state index in [0.717, 1.165) is 11.4 Å². The fraction of sp³-hybridized carbons (Fsp3) is 0.556. The van der Waals surface area contributed by atoms with Crippen LogP contribution in [0, 0.1) is 0 Å². The van der Waals surface area contributed by atoms with Crippen LogP contribution in [0.15, 0.2) is 24.3 Å². The Morgan fingerprint density at radius 1 is 1.17 bits per heavy atom. The van der Waals surface area contributed by atoms with Gasteiger partial charge in [-0.05, 0) is 58.9 Å². The van der Waals surface area contributed by atoms with Gasteiger partial charge in [0.15, 0.2) is 0 Å². The van der Waals surface area contributed by atoms with Crippen molar-refractivity contribution in [2.75, 3.05) is 11.4 Å². The van der Waals surface area contributed by atoms with Crippen molar-refractivity contribution in [3.05, 3.63) is 24.3 Å². The summed E-state index contributed by atoms with van der Waals surface area (Å²) in [5.41, 5.74) is 0.491. The monoisotopic (exact) mass is 320 g/mol. The lowest BCUT2D eigenvalue weighted by atomic mass is 10.1. The van der Waals surface area contributed by atoms with Crippen LogP contribution in [0.4, 0.5) is 5.69 Å². The van der Waals surface area contributed by atoms with Crippen molar-refractivity contribution in [1.82, 2.24) is 5.32 Å². The molecule has 1 aromatic rings. The second-order valence-corrected chi connectivity index (χ2v) is 6.88. The van der Waals surface area contributed by atoms with Gasteiger partial charge < -0.3 is 15.0 Å². The minimum Gasteiger partial charge on any atom is -0.491 e. The van der Waals surface area contributed by atoms with E-state index in [9.17, 15) is 9.59 Å². The summed E-state index contributed by atoms with van der Waals surface area (Å²) in [6, 6.07) is 7.34. The summed E-state index contributed by atoms with van der Waals surface area (Å²) >= 11 is 0. The van der Waals surface area contributed by atoms with E-state index in [1.807, 2.05) is 58.9 Å². The predicted octanol–water partition coefficient (Wildman–Crippen LogP) is 3.13. The van der Waals surface area contributed by atoms with Gasteiger partial charge in [-0.25, -0.2) is 0 Å². The molecule has 0 aliphatic heterocycles. The molecule has 1 N–H and O–H groups in total. The average molecular weight is 320 g/mol. The van der Waals surface area contributed by atoms with E-state index < -0.39 is 0 Å². The lowest BCUT2D eigenvalue weighted by molar-refractivity contribution is -0.122. The van der Waals surface area contributed by atoms with E-state index in [1.165, 1.54) is 6.92 Å². The summed E-state index contributed by atoms with van der Waals surface area (Å²) < 4.78 is 5.59. The van der Waals surface area contributed by atoms with E-state index >= 15 is 0 Å². The molecule has 5 heteroatoms. The van der Waals surface area contributed by atoms with Gasteiger partial charge in [0, 0.05) is 31.1 Å². The Kier molecular flexibility index (Phi) is 6.61. The van der Waals surface area contributed by atoms with Crippen molar-refractivity contribution >= 4 is 17.5 Å². The minimum absolute atomic E-state index is 0.0662. The number of hydrogen-bond acceptors (Lipinski definition) is 3. The van der Waals surface area contributed by atoms with Gasteiger partial charge in [-0.3, -0.25) is 9.59 Å². The van der Waals surface area contributed by atoms with E-state index in [2.05, 4.69) is 5.32 Å². The lowest BCUT2D eigenvalue weighted by Crippen LogP contribution is -2.42. The normalized spacial score (nSPS) is 11.3. The summed E-state index contributed by atoms with van der Waals surface area (Å²) in [5.74, 6) is 0.604. The van der Waals surface area contributed by atoms with E-state index in [4.69, 9.17) is 4.74 Å². The Bertz CT molecular complexity index is 530. The van der Waals surface area contributed by atoms with E-state index in [-0.39, 0.29) is 29.9 Å². The number of nitrogens with one attached hydrogen (secondary N) is 1. The highest BCUT2D eigenvalue weighted by Gasteiger charge is 2.17. The molecular formula is C18H28N2O3. The van der Waals surface area contributed by atoms with Gasteiger partial charge in [0.05, 0.1) is 6.10 Å². The van der Waals surface area contributed by atoms with Gasteiger partial charge in [-0.2, -0.15) is 0 Å². The standard InChI is InChI=1S/C18H28N2O3/c1-13(2)23-16-9-7-15(8-10-16)20(14(3)21)12-11-17(22)19-18(4,5)6/h7-10,13H,11-12H2,1-6H3,(H,19,22). The molecule has 0 radical (unpaired) electrons. The van der Waals surface area contributed by atoms with Crippen LogP contribution in [0.5, 0.6) is 5.75 Å². The number of nitrogens with zero attached hydrogens (tertiary/aromatic N) is 1. The number of anilines is 1. The highest BCUT2D eigenvalue weighted by molar-refractivity contribution is 5.92. The Balaban J connectivity index is 2.71. The molecule has 0 atom stereocenters. The molecule has 0 unspecified atom stereocenters. The first kappa shape index (κ1) is 19.0. The molecule has 1 rings (SSSR count). The zero-order chi connectivity index (χ0) is 17.6. The molecule has 23 heavy (non-hydrogen) atoms. The summed E-state index contributed by atoms with van der Waals surface area (Å²) in [4.78, 5) is 25.4. The molecule has 2 amide bonds. The number of amides is 2. The first-order valence-corrected chi connectivity index (χ1v) is 7.94. The molecule has 5 nitrogen and oxygen atoms in total. The molecule has 0 spiro atoms. The highest BCUT2D eigenvalue weighted by atomic mass is 16.5. The number of benzene rings is 1. The third-order valence-electron chi connectivity index (χ3n) is 2.98. The second kappa shape index (κ2) is 7.99. The summed E-state index contributed by atoms with van der Waals surface area (Å²) in [5, 5.41) is 2.90. The fourth-order valence-electron chi connectivity index (χ4n) is 2.14. The molecule has 0 saturated carbocycles. The average Bonchev–Trinajstić information content (AvgIpc) is 2.37. The topological polar surface area (TPSA) is 58.6 Å². The Labute approximate surface area is 139 Å². The van der Waals surface area contributed by atoms with Gasteiger partial charge in [0.2, 0.25) is 11.8 Å². The van der Waals surface area contributed by atoms with Crippen molar-refractivity contribution in [3.8, 4) is 5.75 Å². The molecule has 0 bridgehead atoms. The van der Waals surface area contributed by atoms with E-state index in [1.54, 1.807) is 4.90 Å². The summed E-state index contributed by atoms with van der Waals surface area (Å²) in [7, 11) is 0. The van der Waals surface area contributed by atoms with Gasteiger partial charge >= 0.3 is 0 Å². The van der Waals surface area contributed by atoms with Gasteiger partial charge in [0.25, 0.3) is 0 Å². The van der Waals surface area contributed by atoms with Crippen molar-refractivity contribution in [1.29, 1.82) is 0 Å². The van der Waals surface area contributed by atoms with Crippen LogP contribution in [0.25, 0.3) is 0 Å². The van der Waals surface area contributed by atoms with E-state index in [0.29, 0.717) is 6.54 Å². The maximum absolute atomic E-state index is 11.9. The fourth-order valence-corrected chi connectivity index (χ4v) is 2.14. The maximum Gasteiger partial charge on any atom is 0.223 e. The van der Waals surface area contributed by atoms with Crippen LogP contribution >= 0.6 is 0 Å². The van der Waals surface area contributed by atoms with Crippen LogP contribution in [-0.2, 0) is 9.59 Å². The number of ether oxygens (including phenoxy) is 1. The van der Waals surface area contributed by atoms with Crippen LogP contribution in [0.3, 0.4) is 0 Å². The Hall–Kier alpha value is -2.04. The molecule has 0 heterocycles. The molecule has 1 aromatic carbocycles. The first-order chi connectivity index (χ1) is 10.6. The molecule has 0 fully saturated rings. The molecule has 0 aliphatic carbocycles. The van der Waals surface area contributed by atoms with Gasteiger partial charge in [-0.1, -0.05) is 0 Å². The van der Waals surface area contributed by atoms with Gasteiger partial charge in [-0.15, -0.1) is 0 Å². The van der Waals surface area contributed by atoms with Crippen molar-refractivity contribution in [2.24, 2.45) is 0 Å². The van der Waals surface area contributed by atoms with Crippen molar-refractivity contribution < 1.29 is 14.3 Å². The van der Waals surface area contributed by atoms with Crippen LogP contribution in [0.2, 0.25) is 0 Å². The number of rotatable bonds is 6. The van der Waals surface area contributed by atoms with Crippen molar-refractivity contribution in [2.45, 2.75) is 59.6 Å². The van der Waals surface area contributed by atoms with Crippen molar-refractivity contribution in [3.63, 3.8) is 0 Å². The third-order valence-corrected chi connectivity index (χ3v) is 2.98. The quantitative estimate of drug-likeness (QED) is 0.876. The molecule has 0 aliphatic rings. The molecule has 128 valence electrons. The van der Waals surface area contributed by atoms with Crippen LogP contribution in [0.1, 0.15) is 48.0 Å². The smallest absolute Gasteiger partial charge is 0.223 e. The maximum atomic E-state index is 11.9. The summed E-state index contributed by atoms with van der Waals surface area (Å²) in [6.07, 6.45) is 0.368.